The van der Waals surface area contributed by atoms with Crippen LogP contribution < -0.4 is 5.32 Å². The van der Waals surface area contributed by atoms with Crippen LogP contribution in [0.15, 0.2) is 42.5 Å². The largest absolute Gasteiger partial charge is 0.417 e. The number of alkyl halides is 3. The highest BCUT2D eigenvalue weighted by Crippen LogP contribution is 2.33. The fraction of sp³-hybridized carbons (Fsp3) is 0.235. The zero-order chi connectivity index (χ0) is 16.9. The van der Waals surface area contributed by atoms with E-state index in [1.165, 1.54) is 12.1 Å². The van der Waals surface area contributed by atoms with Crippen LogP contribution in [-0.4, -0.2) is 7.11 Å². The molecule has 0 spiro atoms. The highest BCUT2D eigenvalue weighted by atomic mass is 19.4. The first-order valence-electron chi connectivity index (χ1n) is 6.86. The van der Waals surface area contributed by atoms with E-state index in [1.54, 1.807) is 13.2 Å². The van der Waals surface area contributed by atoms with Crippen molar-refractivity contribution >= 4 is 5.69 Å². The van der Waals surface area contributed by atoms with Gasteiger partial charge in [0.2, 0.25) is 0 Å². The summed E-state index contributed by atoms with van der Waals surface area (Å²) in [5, 5.41) is 11.7. The molecule has 1 N–H and O–H groups in total. The molecule has 0 aliphatic rings. The van der Waals surface area contributed by atoms with E-state index in [2.05, 4.69) is 5.32 Å². The Morgan fingerprint density at radius 2 is 1.87 bits per heavy atom. The van der Waals surface area contributed by atoms with Crippen LogP contribution in [0.1, 0.15) is 22.3 Å². The van der Waals surface area contributed by atoms with E-state index in [4.69, 9.17) is 10.00 Å². The molecule has 0 fully saturated rings. The van der Waals surface area contributed by atoms with Gasteiger partial charge >= 0.3 is 6.18 Å². The molecule has 3 nitrogen and oxygen atoms in total. The maximum absolute atomic E-state index is 12.9. The molecule has 0 saturated carbocycles. The quantitative estimate of drug-likeness (QED) is 0.891. The monoisotopic (exact) mass is 320 g/mol. The number of nitrogens with zero attached hydrogens (tertiary/aromatic N) is 1. The molecule has 2 aromatic carbocycles. The highest BCUT2D eigenvalue weighted by molar-refractivity contribution is 5.53. The van der Waals surface area contributed by atoms with Crippen molar-refractivity contribution in [3.8, 4) is 6.07 Å². The van der Waals surface area contributed by atoms with Crippen molar-refractivity contribution in [1.29, 1.82) is 5.26 Å². The highest BCUT2D eigenvalue weighted by Gasteiger charge is 2.33. The van der Waals surface area contributed by atoms with Crippen LogP contribution in [0, 0.1) is 11.3 Å². The molecule has 0 aliphatic carbocycles. The van der Waals surface area contributed by atoms with Crippen molar-refractivity contribution in [2.45, 2.75) is 19.3 Å². The Hall–Kier alpha value is -2.52. The van der Waals surface area contributed by atoms with Crippen molar-refractivity contribution < 1.29 is 17.9 Å². The molecule has 120 valence electrons. The molecule has 0 aliphatic heterocycles. The number of hydrogen-bond acceptors (Lipinski definition) is 3. The molecule has 0 amide bonds. The van der Waals surface area contributed by atoms with Crippen molar-refractivity contribution in [3.63, 3.8) is 0 Å². The zero-order valence-electron chi connectivity index (χ0n) is 12.4. The average molecular weight is 320 g/mol. The van der Waals surface area contributed by atoms with E-state index < -0.39 is 11.7 Å². The van der Waals surface area contributed by atoms with Crippen molar-refractivity contribution in [1.82, 2.24) is 0 Å². The number of nitriles is 1. The van der Waals surface area contributed by atoms with Gasteiger partial charge in [-0.15, -0.1) is 0 Å². The Balaban J connectivity index is 2.15. The van der Waals surface area contributed by atoms with E-state index in [1.807, 2.05) is 24.3 Å². The molecule has 0 unspecified atom stereocenters. The van der Waals surface area contributed by atoms with Gasteiger partial charge in [-0.1, -0.05) is 24.3 Å². The fourth-order valence-electron chi connectivity index (χ4n) is 2.19. The van der Waals surface area contributed by atoms with E-state index in [0.717, 1.165) is 17.2 Å². The molecular weight excluding hydrogens is 305 g/mol. The van der Waals surface area contributed by atoms with Crippen molar-refractivity contribution in [3.05, 3.63) is 64.7 Å². The number of rotatable bonds is 5. The minimum Gasteiger partial charge on any atom is -0.381 e. The lowest BCUT2D eigenvalue weighted by Gasteiger charge is -2.12. The number of hydrogen-bond donors (Lipinski definition) is 1. The second-order valence-corrected chi connectivity index (χ2v) is 4.98. The topological polar surface area (TPSA) is 45.0 Å². The Labute approximate surface area is 132 Å². The van der Waals surface area contributed by atoms with Gasteiger partial charge in [-0.05, 0) is 29.3 Å². The molecule has 6 heteroatoms. The Morgan fingerprint density at radius 3 is 2.52 bits per heavy atom. The van der Waals surface area contributed by atoms with E-state index in [0.29, 0.717) is 18.8 Å². The van der Waals surface area contributed by atoms with E-state index in [9.17, 15) is 13.2 Å². The zero-order valence-corrected chi connectivity index (χ0v) is 12.4. The summed E-state index contributed by atoms with van der Waals surface area (Å²) >= 11 is 0. The number of methoxy groups -OCH3 is 1. The van der Waals surface area contributed by atoms with E-state index in [-0.39, 0.29) is 5.56 Å². The summed E-state index contributed by atoms with van der Waals surface area (Å²) in [6, 6.07) is 12.7. The summed E-state index contributed by atoms with van der Waals surface area (Å²) in [6.45, 7) is 0.851. The SMILES string of the molecule is COCc1cccc(CNc2ccc(C#N)c(C(F)(F)F)c2)c1. The third-order valence-corrected chi connectivity index (χ3v) is 3.24. The van der Waals surface area contributed by atoms with Crippen molar-refractivity contribution in [2.75, 3.05) is 12.4 Å². The average Bonchev–Trinajstić information content (AvgIpc) is 2.52. The second-order valence-electron chi connectivity index (χ2n) is 4.98. The summed E-state index contributed by atoms with van der Waals surface area (Å²) in [6.07, 6.45) is -4.55. The van der Waals surface area contributed by atoms with Gasteiger partial charge in [-0.25, -0.2) is 0 Å². The molecule has 0 bridgehead atoms. The summed E-state index contributed by atoms with van der Waals surface area (Å²) in [5.74, 6) is 0. The van der Waals surface area contributed by atoms with Crippen LogP contribution in [0.2, 0.25) is 0 Å². The van der Waals surface area contributed by atoms with Gasteiger partial charge in [-0.2, -0.15) is 18.4 Å². The number of halogens is 3. The van der Waals surface area contributed by atoms with Gasteiger partial charge in [-0.3, -0.25) is 0 Å². The Morgan fingerprint density at radius 1 is 1.13 bits per heavy atom. The number of benzene rings is 2. The summed E-state index contributed by atoms with van der Waals surface area (Å²) in [5.41, 5.74) is 0.914. The summed E-state index contributed by atoms with van der Waals surface area (Å²) in [7, 11) is 1.60. The van der Waals surface area contributed by atoms with Gasteiger partial charge in [0.15, 0.2) is 0 Å². The van der Waals surface area contributed by atoms with Crippen molar-refractivity contribution in [2.24, 2.45) is 0 Å². The fourth-order valence-corrected chi connectivity index (χ4v) is 2.19. The summed E-state index contributed by atoms with van der Waals surface area (Å²) in [4.78, 5) is 0. The first kappa shape index (κ1) is 16.8. The second kappa shape index (κ2) is 7.16. The van der Waals surface area contributed by atoms with Gasteiger partial charge in [0.05, 0.1) is 23.8 Å². The third-order valence-electron chi connectivity index (χ3n) is 3.24. The normalized spacial score (nSPS) is 11.1. The number of ether oxygens (including phenoxy) is 1. The van der Waals surface area contributed by atoms with Crippen LogP contribution in [0.25, 0.3) is 0 Å². The molecular formula is C17H15F3N2O. The molecule has 23 heavy (non-hydrogen) atoms. The van der Waals surface area contributed by atoms with Crippen LogP contribution in [0.3, 0.4) is 0 Å². The molecule has 0 saturated heterocycles. The van der Waals surface area contributed by atoms with Crippen LogP contribution in [0.4, 0.5) is 18.9 Å². The maximum Gasteiger partial charge on any atom is 0.417 e. The maximum atomic E-state index is 12.9. The van der Waals surface area contributed by atoms with Gasteiger partial charge < -0.3 is 10.1 Å². The first-order valence-corrected chi connectivity index (χ1v) is 6.86. The first-order chi connectivity index (χ1) is 10.9. The van der Waals surface area contributed by atoms with E-state index >= 15 is 0 Å². The number of anilines is 1. The standard InChI is InChI=1S/C17H15F3N2O/c1-23-11-13-4-2-3-12(7-13)10-22-15-6-5-14(9-21)16(8-15)17(18,19)20/h2-8,22H,10-11H2,1H3. The molecule has 0 radical (unpaired) electrons. The molecule has 0 atom stereocenters. The van der Waals surface area contributed by atoms with Gasteiger partial charge in [0, 0.05) is 19.3 Å². The summed E-state index contributed by atoms with van der Waals surface area (Å²) < 4.78 is 43.8. The predicted octanol–water partition coefficient (Wildman–Crippen LogP) is 4.34. The molecule has 0 aromatic heterocycles. The lowest BCUT2D eigenvalue weighted by Crippen LogP contribution is -2.09. The minimum absolute atomic E-state index is 0.313. The molecule has 0 heterocycles. The predicted molar refractivity (Wildman–Crippen MR) is 80.6 cm³/mol. The van der Waals surface area contributed by atoms with Crippen LogP contribution in [-0.2, 0) is 24.1 Å². The molecule has 2 rings (SSSR count). The van der Waals surface area contributed by atoms with Gasteiger partial charge in [0.1, 0.15) is 0 Å². The molecule has 2 aromatic rings. The smallest absolute Gasteiger partial charge is 0.381 e. The Bertz CT molecular complexity index is 721. The lowest BCUT2D eigenvalue weighted by atomic mass is 10.1. The Kier molecular flexibility index (Phi) is 5.24. The number of nitrogens with one attached hydrogen (secondary N) is 1. The van der Waals surface area contributed by atoms with Crippen LogP contribution in [0.5, 0.6) is 0 Å². The van der Waals surface area contributed by atoms with Gasteiger partial charge in [0.25, 0.3) is 0 Å². The van der Waals surface area contributed by atoms with Crippen LogP contribution >= 0.6 is 0 Å². The minimum atomic E-state index is -4.55. The third kappa shape index (κ3) is 4.47. The lowest BCUT2D eigenvalue weighted by molar-refractivity contribution is -0.137.